The molecule has 2 atom stereocenters. The summed E-state index contributed by atoms with van der Waals surface area (Å²) in [6.45, 7) is 2.95. The van der Waals surface area contributed by atoms with Crippen molar-refractivity contribution in [2.24, 2.45) is 0 Å². The third kappa shape index (κ3) is 13.4. The van der Waals surface area contributed by atoms with Gasteiger partial charge in [0.05, 0.1) is 18.3 Å². The van der Waals surface area contributed by atoms with Crippen LogP contribution in [0, 0.1) is 0 Å². The Kier molecular flexibility index (Phi) is 17.9. The van der Waals surface area contributed by atoms with Crippen molar-refractivity contribution in [3.63, 3.8) is 0 Å². The van der Waals surface area contributed by atoms with Crippen LogP contribution in [0.1, 0.15) is 127 Å². The van der Waals surface area contributed by atoms with Gasteiger partial charge in [-0.15, -0.1) is 0 Å². The van der Waals surface area contributed by atoms with E-state index in [0.717, 1.165) is 19.3 Å². The summed E-state index contributed by atoms with van der Waals surface area (Å²) < 4.78 is 5.15. The van der Waals surface area contributed by atoms with Crippen molar-refractivity contribution in [1.29, 1.82) is 0 Å². The van der Waals surface area contributed by atoms with Gasteiger partial charge in [0.1, 0.15) is 5.75 Å². The summed E-state index contributed by atoms with van der Waals surface area (Å²) in [5.74, 6) is -1.64. The Morgan fingerprint density at radius 3 is 1.76 bits per heavy atom. The van der Waals surface area contributed by atoms with Gasteiger partial charge in [-0.25, -0.2) is 4.79 Å². The monoisotopic (exact) mass is 521 g/mol. The summed E-state index contributed by atoms with van der Waals surface area (Å²) in [5, 5.41) is 31.9. The molecule has 0 bridgehead atoms. The number of nitrogens with one attached hydrogen (secondary N) is 1. The highest BCUT2D eigenvalue weighted by molar-refractivity contribution is 5.98. The van der Waals surface area contributed by atoms with Crippen LogP contribution in [0.25, 0.3) is 0 Å². The molecule has 2 unspecified atom stereocenters. The molecular formula is C30H51NO6. The predicted molar refractivity (Wildman–Crippen MR) is 148 cm³/mol. The van der Waals surface area contributed by atoms with E-state index in [0.29, 0.717) is 6.54 Å². The lowest BCUT2D eigenvalue weighted by Crippen LogP contribution is -2.53. The third-order valence-electron chi connectivity index (χ3n) is 6.94. The van der Waals surface area contributed by atoms with Gasteiger partial charge in [0, 0.05) is 6.54 Å². The molecule has 7 heteroatoms. The summed E-state index contributed by atoms with van der Waals surface area (Å²) in [7, 11) is 0. The van der Waals surface area contributed by atoms with Gasteiger partial charge in [0.2, 0.25) is 5.60 Å². The lowest BCUT2D eigenvalue weighted by atomic mass is 9.99. The standard InChI is InChI=1S/C30H51NO6/c1-3-4-5-6-7-8-9-10-11-12-13-14-15-16-17-20-23-31-28(34)26-21-18-19-22-27(26)37-29(35)30(36,24-32)25(2)33/h18-19,21-22,25,32-33,36H,3-17,20,23-24H2,1-2H3,(H,31,34). The van der Waals surface area contributed by atoms with Crippen molar-refractivity contribution < 1.29 is 29.6 Å². The van der Waals surface area contributed by atoms with Crippen molar-refractivity contribution in [3.8, 4) is 5.75 Å². The molecule has 7 nitrogen and oxygen atoms in total. The van der Waals surface area contributed by atoms with Crippen molar-refractivity contribution in [1.82, 2.24) is 5.32 Å². The first-order valence-corrected chi connectivity index (χ1v) is 14.5. The van der Waals surface area contributed by atoms with Crippen LogP contribution >= 0.6 is 0 Å². The van der Waals surface area contributed by atoms with Gasteiger partial charge in [-0.2, -0.15) is 0 Å². The first kappa shape index (κ1) is 33.1. The molecule has 1 amide bonds. The van der Waals surface area contributed by atoms with Crippen LogP contribution in [0.15, 0.2) is 24.3 Å². The molecule has 0 aromatic heterocycles. The molecule has 212 valence electrons. The van der Waals surface area contributed by atoms with Crippen LogP contribution in [0.5, 0.6) is 5.75 Å². The molecule has 4 N–H and O–H groups in total. The maximum Gasteiger partial charge on any atom is 0.348 e. The Labute approximate surface area is 224 Å². The Morgan fingerprint density at radius 1 is 0.838 bits per heavy atom. The van der Waals surface area contributed by atoms with Crippen LogP contribution in [-0.4, -0.2) is 52.1 Å². The number of aliphatic hydroxyl groups excluding tert-OH is 2. The quantitative estimate of drug-likeness (QED) is 0.0885. The van der Waals surface area contributed by atoms with Gasteiger partial charge < -0.3 is 25.4 Å². The van der Waals surface area contributed by atoms with E-state index >= 15 is 0 Å². The fourth-order valence-electron chi connectivity index (χ4n) is 4.27. The number of carbonyl (C=O) groups excluding carboxylic acids is 2. The average Bonchev–Trinajstić information content (AvgIpc) is 2.89. The normalized spacial score (nSPS) is 13.6. The van der Waals surface area contributed by atoms with E-state index in [-0.39, 0.29) is 17.2 Å². The third-order valence-corrected chi connectivity index (χ3v) is 6.94. The van der Waals surface area contributed by atoms with E-state index in [9.17, 15) is 24.9 Å². The lowest BCUT2D eigenvalue weighted by Gasteiger charge is -2.26. The summed E-state index contributed by atoms with van der Waals surface area (Å²) >= 11 is 0. The second-order valence-corrected chi connectivity index (χ2v) is 10.2. The number of ether oxygens (including phenoxy) is 1. The van der Waals surface area contributed by atoms with E-state index in [4.69, 9.17) is 4.74 Å². The number of esters is 1. The van der Waals surface area contributed by atoms with E-state index in [1.54, 1.807) is 12.1 Å². The highest BCUT2D eigenvalue weighted by atomic mass is 16.6. The summed E-state index contributed by atoms with van der Waals surface area (Å²) in [4.78, 5) is 24.9. The number of unbranched alkanes of at least 4 members (excludes halogenated alkanes) is 15. The smallest absolute Gasteiger partial charge is 0.348 e. The fourth-order valence-corrected chi connectivity index (χ4v) is 4.27. The Balaban J connectivity index is 2.15. The van der Waals surface area contributed by atoms with Crippen LogP contribution in [0.2, 0.25) is 0 Å². The fraction of sp³-hybridized carbons (Fsp3) is 0.733. The van der Waals surface area contributed by atoms with Gasteiger partial charge in [0.15, 0.2) is 0 Å². The van der Waals surface area contributed by atoms with Gasteiger partial charge >= 0.3 is 5.97 Å². The highest BCUT2D eigenvalue weighted by Gasteiger charge is 2.43. The van der Waals surface area contributed by atoms with Crippen LogP contribution in [0.4, 0.5) is 0 Å². The van der Waals surface area contributed by atoms with Gasteiger partial charge in [-0.05, 0) is 25.5 Å². The maximum absolute atomic E-state index is 12.6. The van der Waals surface area contributed by atoms with Crippen molar-refractivity contribution in [2.45, 2.75) is 128 Å². The van der Waals surface area contributed by atoms with E-state index in [1.165, 1.54) is 103 Å². The van der Waals surface area contributed by atoms with Crippen molar-refractivity contribution in [3.05, 3.63) is 29.8 Å². The Hall–Kier alpha value is -1.96. The van der Waals surface area contributed by atoms with Crippen molar-refractivity contribution >= 4 is 11.9 Å². The number of carbonyl (C=O) groups is 2. The molecule has 0 radical (unpaired) electrons. The van der Waals surface area contributed by atoms with Gasteiger partial charge in [0.25, 0.3) is 5.91 Å². The number of hydrogen-bond acceptors (Lipinski definition) is 6. The molecule has 0 saturated carbocycles. The van der Waals surface area contributed by atoms with Crippen LogP contribution < -0.4 is 10.1 Å². The summed E-state index contributed by atoms with van der Waals surface area (Å²) in [6, 6.07) is 6.19. The zero-order valence-electron chi connectivity index (χ0n) is 23.2. The summed E-state index contributed by atoms with van der Waals surface area (Å²) in [6.07, 6.45) is 19.1. The first-order valence-electron chi connectivity index (χ1n) is 14.5. The molecule has 0 aliphatic heterocycles. The van der Waals surface area contributed by atoms with E-state index in [1.807, 2.05) is 0 Å². The molecule has 0 aliphatic carbocycles. The second-order valence-electron chi connectivity index (χ2n) is 10.2. The maximum atomic E-state index is 12.6. The topological polar surface area (TPSA) is 116 Å². The average molecular weight is 522 g/mol. The molecule has 0 aliphatic rings. The Morgan fingerprint density at radius 2 is 1.30 bits per heavy atom. The van der Waals surface area contributed by atoms with Gasteiger partial charge in [-0.1, -0.05) is 115 Å². The second kappa shape index (κ2) is 20.1. The number of hydrogen-bond donors (Lipinski definition) is 4. The van der Waals surface area contributed by atoms with Crippen LogP contribution in [0.3, 0.4) is 0 Å². The minimum atomic E-state index is -2.46. The SMILES string of the molecule is CCCCCCCCCCCCCCCCCCNC(=O)c1ccccc1OC(=O)C(O)(CO)C(C)O. The zero-order valence-corrected chi connectivity index (χ0v) is 23.2. The number of amides is 1. The molecule has 1 aromatic rings. The summed E-state index contributed by atoms with van der Waals surface area (Å²) in [5.41, 5.74) is -2.31. The number of rotatable bonds is 22. The molecular weight excluding hydrogens is 470 g/mol. The highest BCUT2D eigenvalue weighted by Crippen LogP contribution is 2.22. The minimum absolute atomic E-state index is 0.0375. The molecule has 1 rings (SSSR count). The first-order chi connectivity index (χ1) is 17.9. The van der Waals surface area contributed by atoms with Crippen LogP contribution in [-0.2, 0) is 4.79 Å². The molecule has 0 spiro atoms. The number of benzene rings is 1. The van der Waals surface area contributed by atoms with Crippen molar-refractivity contribution in [2.75, 3.05) is 13.2 Å². The number of para-hydroxylation sites is 1. The Bertz CT molecular complexity index is 753. The molecule has 0 saturated heterocycles. The lowest BCUT2D eigenvalue weighted by molar-refractivity contribution is -0.173. The number of aliphatic hydroxyl groups is 3. The predicted octanol–water partition coefficient (Wildman–Crippen LogP) is 5.69. The molecule has 0 heterocycles. The molecule has 0 fully saturated rings. The zero-order chi connectivity index (χ0) is 27.4. The van der Waals surface area contributed by atoms with E-state index in [2.05, 4.69) is 12.2 Å². The minimum Gasteiger partial charge on any atom is -0.423 e. The molecule has 37 heavy (non-hydrogen) atoms. The van der Waals surface area contributed by atoms with Gasteiger partial charge in [-0.3, -0.25) is 4.79 Å². The molecule has 1 aromatic carbocycles. The largest absolute Gasteiger partial charge is 0.423 e. The van der Waals surface area contributed by atoms with E-state index < -0.39 is 24.3 Å².